The monoisotopic (exact) mass is 472 g/mol. The Hall–Kier alpha value is 1.34. The molecule has 2 unspecified atom stereocenters. The number of ether oxygens (including phenoxy) is 1. The molecule has 0 aliphatic carbocycles. The van der Waals surface area contributed by atoms with Gasteiger partial charge in [0.25, 0.3) is 0 Å². The number of likely N-dealkylation sites (N-methyl/N-ethyl adjacent to an activating group) is 2. The maximum atomic E-state index is 5.97. The lowest BCUT2D eigenvalue weighted by molar-refractivity contribution is -0.878. The van der Waals surface area contributed by atoms with E-state index in [2.05, 4.69) is 56.1 Å². The van der Waals surface area contributed by atoms with Crippen LogP contribution < -0.4 is 48.0 Å². The van der Waals surface area contributed by atoms with Gasteiger partial charge in [-0.15, -0.1) is 0 Å². The number of hydrogen-bond donors (Lipinski definition) is 0. The van der Waals surface area contributed by atoms with Crippen LogP contribution in [-0.2, 0) is 4.74 Å². The van der Waals surface area contributed by atoms with E-state index in [0.717, 1.165) is 22.1 Å². The second kappa shape index (κ2) is 9.28. The lowest BCUT2D eigenvalue weighted by atomic mass is 10.3. The fraction of sp³-hybridized carbons (Fsp3) is 1.00. The zero-order chi connectivity index (χ0) is 12.3. The van der Waals surface area contributed by atoms with Gasteiger partial charge in [-0.1, -0.05) is 0 Å². The fourth-order valence-electron chi connectivity index (χ4n) is 2.03. The number of halogens is 2. The third-order valence-corrected chi connectivity index (χ3v) is 2.07. The van der Waals surface area contributed by atoms with Crippen molar-refractivity contribution in [2.75, 3.05) is 55.4 Å². The van der Waals surface area contributed by atoms with E-state index in [1.54, 1.807) is 0 Å². The minimum atomic E-state index is 0. The Morgan fingerprint density at radius 2 is 0.941 bits per heavy atom. The first-order chi connectivity index (χ1) is 6.49. The Morgan fingerprint density at radius 1 is 0.706 bits per heavy atom. The molecule has 0 saturated carbocycles. The topological polar surface area (TPSA) is 9.23 Å². The van der Waals surface area contributed by atoms with Crippen LogP contribution in [0.4, 0.5) is 0 Å². The van der Waals surface area contributed by atoms with Crippen LogP contribution >= 0.6 is 0 Å². The molecule has 0 bridgehead atoms. The van der Waals surface area contributed by atoms with Crippen molar-refractivity contribution in [2.24, 2.45) is 0 Å². The molecule has 0 aliphatic heterocycles. The first kappa shape index (κ1) is 23.4. The van der Waals surface area contributed by atoms with Crippen molar-refractivity contribution in [2.45, 2.75) is 26.1 Å². The van der Waals surface area contributed by atoms with Crippen LogP contribution in [0.2, 0.25) is 0 Å². The van der Waals surface area contributed by atoms with Gasteiger partial charge in [0.15, 0.2) is 0 Å². The van der Waals surface area contributed by atoms with Gasteiger partial charge in [0, 0.05) is 0 Å². The number of quaternary nitrogens is 2. The Kier molecular flexibility index (Phi) is 12.8. The van der Waals surface area contributed by atoms with Crippen LogP contribution in [0.25, 0.3) is 0 Å². The quantitative estimate of drug-likeness (QED) is 0.279. The summed E-state index contributed by atoms with van der Waals surface area (Å²) >= 11 is 0. The van der Waals surface area contributed by atoms with E-state index in [1.165, 1.54) is 0 Å². The van der Waals surface area contributed by atoms with E-state index in [1.807, 2.05) is 0 Å². The summed E-state index contributed by atoms with van der Waals surface area (Å²) in [6, 6.07) is 0. The normalized spacial score (nSPS) is 15.5. The van der Waals surface area contributed by atoms with Crippen molar-refractivity contribution in [1.29, 1.82) is 0 Å². The molecule has 0 rings (SSSR count). The predicted molar refractivity (Wildman–Crippen MR) is 65.8 cm³/mol. The van der Waals surface area contributed by atoms with E-state index < -0.39 is 0 Å². The van der Waals surface area contributed by atoms with Gasteiger partial charge in [0.2, 0.25) is 0 Å². The molecule has 0 aromatic carbocycles. The molecule has 0 aliphatic rings. The third-order valence-electron chi connectivity index (χ3n) is 2.07. The predicted octanol–water partition coefficient (Wildman–Crippen LogP) is -4.80. The summed E-state index contributed by atoms with van der Waals surface area (Å²) < 4.78 is 7.88. The molecule has 3 nitrogen and oxygen atoms in total. The van der Waals surface area contributed by atoms with Gasteiger partial charge in [0.1, 0.15) is 25.3 Å². The van der Waals surface area contributed by atoms with Crippen LogP contribution in [-0.4, -0.2) is 76.5 Å². The molecule has 108 valence electrons. The minimum absolute atomic E-state index is 0. The summed E-state index contributed by atoms with van der Waals surface area (Å²) in [5.41, 5.74) is 0. The zero-order valence-corrected chi connectivity index (χ0v) is 16.9. The molecule has 0 aromatic heterocycles. The summed E-state index contributed by atoms with van der Waals surface area (Å²) in [6.45, 7) is 6.44. The summed E-state index contributed by atoms with van der Waals surface area (Å²) in [5, 5.41) is 0. The van der Waals surface area contributed by atoms with Crippen molar-refractivity contribution < 1.29 is 61.7 Å². The van der Waals surface area contributed by atoms with Crippen LogP contribution in [0, 0.1) is 0 Å². The fourth-order valence-corrected chi connectivity index (χ4v) is 2.03. The van der Waals surface area contributed by atoms with Crippen molar-refractivity contribution in [1.82, 2.24) is 0 Å². The van der Waals surface area contributed by atoms with Crippen LogP contribution in [0.15, 0.2) is 0 Å². The lowest BCUT2D eigenvalue weighted by Crippen LogP contribution is -3.00. The first-order valence-corrected chi connectivity index (χ1v) is 5.76. The molecular weight excluding hydrogens is 442 g/mol. The van der Waals surface area contributed by atoms with E-state index in [4.69, 9.17) is 4.74 Å². The molecule has 5 heteroatoms. The van der Waals surface area contributed by atoms with Crippen LogP contribution in [0.5, 0.6) is 0 Å². The van der Waals surface area contributed by atoms with Gasteiger partial charge < -0.3 is 61.7 Å². The second-order valence-corrected chi connectivity index (χ2v) is 6.70. The minimum Gasteiger partial charge on any atom is -1.00 e. The van der Waals surface area contributed by atoms with Gasteiger partial charge in [-0.2, -0.15) is 0 Å². The third kappa shape index (κ3) is 17.3. The van der Waals surface area contributed by atoms with Crippen molar-refractivity contribution in [3.8, 4) is 0 Å². The average molecular weight is 472 g/mol. The van der Waals surface area contributed by atoms with Crippen LogP contribution in [0.3, 0.4) is 0 Å². The van der Waals surface area contributed by atoms with E-state index in [0.29, 0.717) is 12.2 Å². The van der Waals surface area contributed by atoms with Gasteiger partial charge in [-0.05, 0) is 13.8 Å². The van der Waals surface area contributed by atoms with Gasteiger partial charge >= 0.3 is 0 Å². The maximum Gasteiger partial charge on any atom is 0.104 e. The molecule has 0 spiro atoms. The molecule has 0 fully saturated rings. The highest BCUT2D eigenvalue weighted by Gasteiger charge is 2.20. The van der Waals surface area contributed by atoms with E-state index >= 15 is 0 Å². The summed E-state index contributed by atoms with van der Waals surface area (Å²) in [5.74, 6) is 0. The van der Waals surface area contributed by atoms with Gasteiger partial charge in [-0.25, -0.2) is 0 Å². The largest absolute Gasteiger partial charge is 1.00 e. The Labute approximate surface area is 142 Å². The Morgan fingerprint density at radius 3 is 1.12 bits per heavy atom. The number of hydrogen-bond acceptors (Lipinski definition) is 1. The highest BCUT2D eigenvalue weighted by molar-refractivity contribution is 4.53. The average Bonchev–Trinajstić information content (AvgIpc) is 1.73. The summed E-state index contributed by atoms with van der Waals surface area (Å²) in [6.07, 6.45) is 0.651. The molecule has 0 N–H and O–H groups in total. The second-order valence-electron chi connectivity index (χ2n) is 6.70. The smallest absolute Gasteiger partial charge is 0.104 e. The highest BCUT2D eigenvalue weighted by Crippen LogP contribution is 2.05. The van der Waals surface area contributed by atoms with Crippen molar-refractivity contribution in [3.05, 3.63) is 0 Å². The first-order valence-electron chi connectivity index (χ1n) is 5.76. The standard InChI is InChI=1S/C12H30N2O.2HI/c1-11(9-13(3,4)5)15-12(2)10-14(6,7)8;;/h11-12H,9-10H2,1-8H3;2*1H/q+2;;/p-2. The molecule has 0 saturated heterocycles. The van der Waals surface area contributed by atoms with E-state index in [-0.39, 0.29) is 48.0 Å². The van der Waals surface area contributed by atoms with Crippen LogP contribution in [0.1, 0.15) is 13.8 Å². The van der Waals surface area contributed by atoms with Gasteiger partial charge in [-0.3, -0.25) is 0 Å². The van der Waals surface area contributed by atoms with E-state index in [9.17, 15) is 0 Å². The molecule has 0 amide bonds. The molecule has 0 heterocycles. The lowest BCUT2D eigenvalue weighted by Gasteiger charge is -2.31. The maximum absolute atomic E-state index is 5.97. The molecular formula is C12H30I2N2O. The van der Waals surface area contributed by atoms with Crippen molar-refractivity contribution >= 4 is 0 Å². The SMILES string of the molecule is CC(C[N+](C)(C)C)OC(C)C[N+](C)(C)C.[I-].[I-]. The zero-order valence-electron chi connectivity index (χ0n) is 12.6. The molecule has 0 radical (unpaired) electrons. The summed E-state index contributed by atoms with van der Waals surface area (Å²) in [7, 11) is 13.2. The molecule has 2 atom stereocenters. The Balaban J connectivity index is -0.000000980. The van der Waals surface area contributed by atoms with Gasteiger partial charge in [0.05, 0.1) is 42.3 Å². The number of rotatable bonds is 6. The molecule has 17 heavy (non-hydrogen) atoms. The highest BCUT2D eigenvalue weighted by atomic mass is 127. The number of nitrogens with zero attached hydrogens (tertiary/aromatic N) is 2. The molecule has 0 aromatic rings. The Bertz CT molecular complexity index is 168. The summed E-state index contributed by atoms with van der Waals surface area (Å²) in [4.78, 5) is 0. The van der Waals surface area contributed by atoms with Crippen molar-refractivity contribution in [3.63, 3.8) is 0 Å².